The van der Waals surface area contributed by atoms with E-state index in [2.05, 4.69) is 4.90 Å². The topological polar surface area (TPSA) is 99.5 Å². The molecular formula is C22H32N2O6. The molecule has 2 aliphatic heterocycles. The number of benzene rings is 1. The first-order chi connectivity index (χ1) is 14.5. The standard InChI is InChI=1S/C21H30N2O4.CH2O2/c1-26-16-5-6-17(20(11-16)27-2)21(25)23-12-14-9-18(22-7-3-4-8-22)19(24)10-15(14)13-23;2-1-3/h5-6,11,14-15,18-19,24H,3-4,7-10,12-13H2,1-2H3;1H,(H,2,3)/t14-,15+,18-,19-;/m1./s1. The van der Waals surface area contributed by atoms with Crippen LogP contribution in [-0.2, 0) is 4.79 Å². The molecule has 4 rings (SSSR count). The number of likely N-dealkylation sites (tertiary alicyclic amines) is 2. The average molecular weight is 421 g/mol. The summed E-state index contributed by atoms with van der Waals surface area (Å²) in [5.41, 5.74) is 0.577. The molecule has 1 amide bonds. The maximum absolute atomic E-state index is 13.1. The van der Waals surface area contributed by atoms with Gasteiger partial charge in [-0.3, -0.25) is 14.5 Å². The highest BCUT2D eigenvalue weighted by Gasteiger charge is 2.45. The number of nitrogens with zero attached hydrogens (tertiary/aromatic N) is 2. The summed E-state index contributed by atoms with van der Waals surface area (Å²) >= 11 is 0. The highest BCUT2D eigenvalue weighted by molar-refractivity contribution is 5.97. The van der Waals surface area contributed by atoms with Crippen LogP contribution in [-0.4, -0.2) is 84.9 Å². The molecule has 0 spiro atoms. The lowest BCUT2D eigenvalue weighted by atomic mass is 9.77. The van der Waals surface area contributed by atoms with Crippen LogP contribution in [0.3, 0.4) is 0 Å². The fourth-order valence-corrected chi connectivity index (χ4v) is 5.18. The molecule has 4 atom stereocenters. The van der Waals surface area contributed by atoms with Gasteiger partial charge in [0.05, 0.1) is 25.9 Å². The Morgan fingerprint density at radius 2 is 1.73 bits per heavy atom. The number of amides is 1. The van der Waals surface area contributed by atoms with Crippen molar-refractivity contribution < 1.29 is 29.3 Å². The normalized spacial score (nSPS) is 28.3. The minimum atomic E-state index is -0.269. The van der Waals surface area contributed by atoms with Gasteiger partial charge in [-0.15, -0.1) is 0 Å². The zero-order valence-corrected chi connectivity index (χ0v) is 17.7. The summed E-state index contributed by atoms with van der Waals surface area (Å²) in [5.74, 6) is 2.11. The van der Waals surface area contributed by atoms with Crippen molar-refractivity contribution in [2.24, 2.45) is 11.8 Å². The number of hydrogen-bond donors (Lipinski definition) is 2. The van der Waals surface area contributed by atoms with Crippen molar-refractivity contribution in [1.82, 2.24) is 9.80 Å². The number of hydrogen-bond acceptors (Lipinski definition) is 6. The van der Waals surface area contributed by atoms with E-state index in [1.165, 1.54) is 12.8 Å². The van der Waals surface area contributed by atoms with Crippen molar-refractivity contribution in [3.8, 4) is 11.5 Å². The Balaban J connectivity index is 0.000000806. The molecule has 1 aromatic rings. The van der Waals surface area contributed by atoms with Gasteiger partial charge in [0.2, 0.25) is 0 Å². The molecule has 1 aliphatic carbocycles. The molecule has 2 heterocycles. The Morgan fingerprint density at radius 1 is 1.10 bits per heavy atom. The number of carbonyl (C=O) groups excluding carboxylic acids is 1. The number of ether oxygens (including phenoxy) is 2. The monoisotopic (exact) mass is 420 g/mol. The first kappa shape index (κ1) is 22.4. The third-order valence-electron chi connectivity index (χ3n) is 6.65. The molecule has 1 aromatic carbocycles. The summed E-state index contributed by atoms with van der Waals surface area (Å²) in [7, 11) is 3.18. The molecule has 2 saturated heterocycles. The zero-order valence-electron chi connectivity index (χ0n) is 17.7. The smallest absolute Gasteiger partial charge is 0.290 e. The summed E-state index contributed by atoms with van der Waals surface area (Å²) in [5, 5.41) is 17.6. The lowest BCUT2D eigenvalue weighted by Gasteiger charge is -2.40. The zero-order chi connectivity index (χ0) is 21.7. The predicted octanol–water partition coefficient (Wildman–Crippen LogP) is 1.71. The average Bonchev–Trinajstić information content (AvgIpc) is 3.42. The van der Waals surface area contributed by atoms with Crippen LogP contribution in [0, 0.1) is 11.8 Å². The molecule has 3 aliphatic rings. The lowest BCUT2D eigenvalue weighted by Crippen LogP contribution is -2.48. The second-order valence-corrected chi connectivity index (χ2v) is 8.25. The SMILES string of the molecule is COc1ccc(C(=O)N2C[C@H]3C[C@@H](N4CCCC4)[C@H](O)C[C@H]3C2)c(OC)c1.O=CO. The van der Waals surface area contributed by atoms with Gasteiger partial charge in [0, 0.05) is 25.2 Å². The van der Waals surface area contributed by atoms with Gasteiger partial charge in [-0.25, -0.2) is 0 Å². The van der Waals surface area contributed by atoms with Gasteiger partial charge in [0.15, 0.2) is 0 Å². The van der Waals surface area contributed by atoms with E-state index in [0.29, 0.717) is 28.9 Å². The van der Waals surface area contributed by atoms with Gasteiger partial charge in [-0.2, -0.15) is 0 Å². The number of methoxy groups -OCH3 is 2. The minimum absolute atomic E-state index is 0.0103. The van der Waals surface area contributed by atoms with Gasteiger partial charge in [-0.05, 0) is 62.7 Å². The van der Waals surface area contributed by atoms with Gasteiger partial charge in [0.1, 0.15) is 11.5 Å². The van der Waals surface area contributed by atoms with Crippen molar-refractivity contribution >= 4 is 12.4 Å². The summed E-state index contributed by atoms with van der Waals surface area (Å²) in [6, 6.07) is 5.60. The third kappa shape index (κ3) is 4.70. The Labute approximate surface area is 177 Å². The van der Waals surface area contributed by atoms with E-state index in [1.54, 1.807) is 32.4 Å². The van der Waals surface area contributed by atoms with Crippen molar-refractivity contribution in [1.29, 1.82) is 0 Å². The summed E-state index contributed by atoms with van der Waals surface area (Å²) < 4.78 is 10.6. The van der Waals surface area contributed by atoms with Crippen LogP contribution >= 0.6 is 0 Å². The van der Waals surface area contributed by atoms with Crippen LogP contribution < -0.4 is 9.47 Å². The quantitative estimate of drug-likeness (QED) is 0.716. The molecule has 0 bridgehead atoms. The number of carbonyl (C=O) groups is 2. The molecule has 1 saturated carbocycles. The number of aliphatic hydroxyl groups is 1. The largest absolute Gasteiger partial charge is 0.497 e. The van der Waals surface area contributed by atoms with Crippen LogP contribution in [0.15, 0.2) is 18.2 Å². The van der Waals surface area contributed by atoms with E-state index in [-0.39, 0.29) is 24.5 Å². The van der Waals surface area contributed by atoms with E-state index >= 15 is 0 Å². The van der Waals surface area contributed by atoms with Gasteiger partial charge >= 0.3 is 0 Å². The minimum Gasteiger partial charge on any atom is -0.497 e. The van der Waals surface area contributed by atoms with E-state index in [4.69, 9.17) is 19.4 Å². The Kier molecular flexibility index (Phi) is 7.55. The first-order valence-electron chi connectivity index (χ1n) is 10.5. The molecule has 3 fully saturated rings. The second kappa shape index (κ2) is 10.1. The summed E-state index contributed by atoms with van der Waals surface area (Å²) in [6.45, 7) is 3.45. The number of rotatable bonds is 4. The Hall–Kier alpha value is -2.32. The molecule has 166 valence electrons. The molecular weight excluding hydrogens is 388 g/mol. The first-order valence-corrected chi connectivity index (χ1v) is 10.5. The van der Waals surface area contributed by atoms with E-state index in [9.17, 15) is 9.90 Å². The van der Waals surface area contributed by atoms with Crippen LogP contribution in [0.5, 0.6) is 11.5 Å². The van der Waals surface area contributed by atoms with E-state index in [1.807, 2.05) is 4.90 Å². The maximum atomic E-state index is 13.1. The molecule has 2 N–H and O–H groups in total. The van der Waals surface area contributed by atoms with Gasteiger partial charge in [-0.1, -0.05) is 0 Å². The van der Waals surface area contributed by atoms with Crippen LogP contribution in [0.2, 0.25) is 0 Å². The van der Waals surface area contributed by atoms with Crippen molar-refractivity contribution in [2.45, 2.75) is 37.8 Å². The maximum Gasteiger partial charge on any atom is 0.290 e. The molecule has 8 heteroatoms. The highest BCUT2D eigenvalue weighted by atomic mass is 16.5. The fourth-order valence-electron chi connectivity index (χ4n) is 5.18. The fraction of sp³-hybridized carbons (Fsp3) is 0.636. The molecule has 0 radical (unpaired) electrons. The van der Waals surface area contributed by atoms with Crippen LogP contribution in [0.25, 0.3) is 0 Å². The summed E-state index contributed by atoms with van der Waals surface area (Å²) in [4.78, 5) is 25.9. The third-order valence-corrected chi connectivity index (χ3v) is 6.65. The predicted molar refractivity (Wildman–Crippen MR) is 111 cm³/mol. The summed E-state index contributed by atoms with van der Waals surface area (Å²) in [6.07, 6.45) is 4.00. The van der Waals surface area contributed by atoms with Crippen LogP contribution in [0.1, 0.15) is 36.0 Å². The number of carboxylic acid groups (broad SMARTS) is 1. The second-order valence-electron chi connectivity index (χ2n) is 8.25. The van der Waals surface area contributed by atoms with Crippen molar-refractivity contribution in [3.05, 3.63) is 23.8 Å². The number of aliphatic hydroxyl groups excluding tert-OH is 1. The molecule has 8 nitrogen and oxygen atoms in total. The van der Waals surface area contributed by atoms with Crippen molar-refractivity contribution in [2.75, 3.05) is 40.4 Å². The number of fused-ring (bicyclic) bond motifs is 1. The van der Waals surface area contributed by atoms with Crippen LogP contribution in [0.4, 0.5) is 0 Å². The van der Waals surface area contributed by atoms with E-state index in [0.717, 1.165) is 39.0 Å². The van der Waals surface area contributed by atoms with E-state index < -0.39 is 0 Å². The lowest BCUT2D eigenvalue weighted by molar-refractivity contribution is -0.122. The molecule has 0 aromatic heterocycles. The Morgan fingerprint density at radius 3 is 2.33 bits per heavy atom. The molecule has 0 unspecified atom stereocenters. The Bertz CT molecular complexity index is 736. The van der Waals surface area contributed by atoms with Gasteiger partial charge in [0.25, 0.3) is 12.4 Å². The highest BCUT2D eigenvalue weighted by Crippen LogP contribution is 2.40. The molecule has 30 heavy (non-hydrogen) atoms. The van der Waals surface area contributed by atoms with Gasteiger partial charge < -0.3 is 24.6 Å². The van der Waals surface area contributed by atoms with Crippen molar-refractivity contribution in [3.63, 3.8) is 0 Å².